The molecule has 0 saturated carbocycles. The Bertz CT molecular complexity index is 532. The highest BCUT2D eigenvalue weighted by Crippen LogP contribution is 2.10. The van der Waals surface area contributed by atoms with E-state index < -0.39 is 0 Å². The van der Waals surface area contributed by atoms with Gasteiger partial charge in [0.1, 0.15) is 5.82 Å². The van der Waals surface area contributed by atoms with E-state index >= 15 is 0 Å². The first-order valence-electron chi connectivity index (χ1n) is 8.75. The van der Waals surface area contributed by atoms with Crippen molar-refractivity contribution in [2.75, 3.05) is 59.0 Å². The molecular formula is C18H26FN3O2. The van der Waals surface area contributed by atoms with Gasteiger partial charge in [-0.2, -0.15) is 0 Å². The molecule has 1 aromatic rings. The predicted molar refractivity (Wildman–Crippen MR) is 90.1 cm³/mol. The van der Waals surface area contributed by atoms with Crippen molar-refractivity contribution in [3.8, 4) is 0 Å². The number of hydrogen-bond acceptors (Lipinski definition) is 4. The fraction of sp³-hybridized carbons (Fsp3) is 0.611. The maximum Gasteiger partial charge on any atom is 0.236 e. The van der Waals surface area contributed by atoms with Gasteiger partial charge in [-0.3, -0.25) is 14.6 Å². The van der Waals surface area contributed by atoms with Crippen LogP contribution in [-0.4, -0.2) is 79.6 Å². The summed E-state index contributed by atoms with van der Waals surface area (Å²) in [4.78, 5) is 18.9. The maximum atomic E-state index is 13.0. The number of rotatable bonds is 4. The second-order valence-corrected chi connectivity index (χ2v) is 6.53. The van der Waals surface area contributed by atoms with Crippen LogP contribution < -0.4 is 0 Å². The molecule has 0 bridgehead atoms. The lowest BCUT2D eigenvalue weighted by Gasteiger charge is -2.29. The standard InChI is InChI=1S/C18H26FN3O2/c19-17-4-2-16(3-5-17)14-20-6-1-7-21(9-8-20)15-18(23)22-10-12-24-13-11-22/h2-5H,1,6-15H2. The monoisotopic (exact) mass is 335 g/mol. The lowest BCUT2D eigenvalue weighted by molar-refractivity contribution is -0.136. The molecule has 2 saturated heterocycles. The third kappa shape index (κ3) is 5.00. The Morgan fingerprint density at radius 1 is 0.958 bits per heavy atom. The number of nitrogens with zero attached hydrogens (tertiary/aromatic N) is 3. The summed E-state index contributed by atoms with van der Waals surface area (Å²) in [7, 11) is 0. The Hall–Kier alpha value is -1.50. The van der Waals surface area contributed by atoms with Crippen LogP contribution in [-0.2, 0) is 16.1 Å². The number of benzene rings is 1. The molecule has 1 amide bonds. The van der Waals surface area contributed by atoms with E-state index in [0.29, 0.717) is 32.8 Å². The van der Waals surface area contributed by atoms with Gasteiger partial charge in [-0.1, -0.05) is 12.1 Å². The van der Waals surface area contributed by atoms with E-state index in [1.807, 2.05) is 17.0 Å². The molecule has 2 aliphatic heterocycles. The van der Waals surface area contributed by atoms with Crippen LogP contribution in [0.4, 0.5) is 4.39 Å². The van der Waals surface area contributed by atoms with Crippen molar-refractivity contribution in [3.63, 3.8) is 0 Å². The average Bonchev–Trinajstić information content (AvgIpc) is 2.83. The van der Waals surface area contributed by atoms with Gasteiger partial charge < -0.3 is 9.64 Å². The Morgan fingerprint density at radius 2 is 1.62 bits per heavy atom. The number of carbonyl (C=O) groups excluding carboxylic acids is 1. The van der Waals surface area contributed by atoms with E-state index in [-0.39, 0.29) is 11.7 Å². The zero-order valence-electron chi connectivity index (χ0n) is 14.1. The molecule has 5 nitrogen and oxygen atoms in total. The van der Waals surface area contributed by atoms with Crippen LogP contribution in [0, 0.1) is 5.82 Å². The summed E-state index contributed by atoms with van der Waals surface area (Å²) in [5.74, 6) is 0.0210. The van der Waals surface area contributed by atoms with Crippen LogP contribution in [0.25, 0.3) is 0 Å². The molecule has 24 heavy (non-hydrogen) atoms. The molecule has 6 heteroatoms. The third-order valence-electron chi connectivity index (χ3n) is 4.72. The quantitative estimate of drug-likeness (QED) is 0.828. The summed E-state index contributed by atoms with van der Waals surface area (Å²) in [6, 6.07) is 6.72. The van der Waals surface area contributed by atoms with Crippen molar-refractivity contribution >= 4 is 5.91 Å². The molecule has 0 radical (unpaired) electrons. The summed E-state index contributed by atoms with van der Waals surface area (Å²) in [5.41, 5.74) is 1.13. The molecule has 3 rings (SSSR count). The summed E-state index contributed by atoms with van der Waals surface area (Å²) >= 11 is 0. The maximum absolute atomic E-state index is 13.0. The van der Waals surface area contributed by atoms with E-state index in [9.17, 15) is 9.18 Å². The summed E-state index contributed by atoms with van der Waals surface area (Å²) in [6.45, 7) is 7.87. The number of morpholine rings is 1. The van der Waals surface area contributed by atoms with Crippen LogP contribution in [0.5, 0.6) is 0 Å². The minimum Gasteiger partial charge on any atom is -0.378 e. The molecule has 1 aromatic carbocycles. The Balaban J connectivity index is 1.46. The van der Waals surface area contributed by atoms with Crippen molar-refractivity contribution in [1.29, 1.82) is 0 Å². The summed E-state index contributed by atoms with van der Waals surface area (Å²) < 4.78 is 18.3. The SMILES string of the molecule is O=C(CN1CCCN(Cc2ccc(F)cc2)CC1)N1CCOCC1. The van der Waals surface area contributed by atoms with Gasteiger partial charge in [-0.05, 0) is 37.2 Å². The van der Waals surface area contributed by atoms with E-state index in [2.05, 4.69) is 9.80 Å². The van der Waals surface area contributed by atoms with Gasteiger partial charge in [0.15, 0.2) is 0 Å². The van der Waals surface area contributed by atoms with Gasteiger partial charge in [0, 0.05) is 32.7 Å². The van der Waals surface area contributed by atoms with E-state index in [0.717, 1.165) is 44.7 Å². The molecule has 0 unspecified atom stereocenters. The zero-order chi connectivity index (χ0) is 16.8. The van der Waals surface area contributed by atoms with Gasteiger partial charge in [0.2, 0.25) is 5.91 Å². The average molecular weight is 335 g/mol. The van der Waals surface area contributed by atoms with Gasteiger partial charge in [0.05, 0.1) is 19.8 Å². The van der Waals surface area contributed by atoms with Crippen molar-refractivity contribution in [2.45, 2.75) is 13.0 Å². The Kier molecular flexibility index (Phi) is 6.18. The third-order valence-corrected chi connectivity index (χ3v) is 4.72. The second kappa shape index (κ2) is 8.55. The van der Waals surface area contributed by atoms with Crippen molar-refractivity contribution in [2.24, 2.45) is 0 Å². The Labute approximate surface area is 143 Å². The Morgan fingerprint density at radius 3 is 2.38 bits per heavy atom. The number of ether oxygens (including phenoxy) is 1. The minimum atomic E-state index is -0.192. The molecular weight excluding hydrogens is 309 g/mol. The molecule has 2 heterocycles. The number of carbonyl (C=O) groups is 1. The molecule has 0 atom stereocenters. The second-order valence-electron chi connectivity index (χ2n) is 6.53. The highest BCUT2D eigenvalue weighted by atomic mass is 19.1. The lowest BCUT2D eigenvalue weighted by Crippen LogP contribution is -2.46. The summed E-state index contributed by atoms with van der Waals surface area (Å²) in [6.07, 6.45) is 1.05. The van der Waals surface area contributed by atoms with Crippen molar-refractivity contribution in [1.82, 2.24) is 14.7 Å². The predicted octanol–water partition coefficient (Wildman–Crippen LogP) is 1.19. The van der Waals surface area contributed by atoms with Crippen LogP contribution in [0.3, 0.4) is 0 Å². The van der Waals surface area contributed by atoms with E-state index in [4.69, 9.17) is 4.74 Å². The molecule has 2 aliphatic rings. The topological polar surface area (TPSA) is 36.0 Å². The van der Waals surface area contributed by atoms with Gasteiger partial charge in [-0.15, -0.1) is 0 Å². The molecule has 0 aliphatic carbocycles. The highest BCUT2D eigenvalue weighted by Gasteiger charge is 2.21. The van der Waals surface area contributed by atoms with Crippen LogP contribution in [0.2, 0.25) is 0 Å². The first-order chi connectivity index (χ1) is 11.7. The number of halogens is 1. The van der Waals surface area contributed by atoms with Gasteiger partial charge in [-0.25, -0.2) is 4.39 Å². The zero-order valence-corrected chi connectivity index (χ0v) is 14.1. The van der Waals surface area contributed by atoms with Gasteiger partial charge in [0.25, 0.3) is 0 Å². The normalized spacial score (nSPS) is 20.8. The largest absolute Gasteiger partial charge is 0.378 e. The highest BCUT2D eigenvalue weighted by molar-refractivity contribution is 5.78. The summed E-state index contributed by atoms with van der Waals surface area (Å²) in [5, 5.41) is 0. The molecule has 132 valence electrons. The molecule has 0 aromatic heterocycles. The number of amides is 1. The van der Waals surface area contributed by atoms with Crippen LogP contribution >= 0.6 is 0 Å². The van der Waals surface area contributed by atoms with Crippen LogP contribution in [0.15, 0.2) is 24.3 Å². The first kappa shape index (κ1) is 17.3. The lowest BCUT2D eigenvalue weighted by atomic mass is 10.2. The smallest absolute Gasteiger partial charge is 0.236 e. The molecule has 0 N–H and O–H groups in total. The number of hydrogen-bond donors (Lipinski definition) is 0. The fourth-order valence-corrected chi connectivity index (χ4v) is 3.29. The van der Waals surface area contributed by atoms with Crippen molar-refractivity contribution in [3.05, 3.63) is 35.6 Å². The van der Waals surface area contributed by atoms with Gasteiger partial charge >= 0.3 is 0 Å². The van der Waals surface area contributed by atoms with E-state index in [1.165, 1.54) is 12.1 Å². The van der Waals surface area contributed by atoms with E-state index in [1.54, 1.807) is 0 Å². The molecule has 0 spiro atoms. The first-order valence-corrected chi connectivity index (χ1v) is 8.75. The van der Waals surface area contributed by atoms with Crippen LogP contribution in [0.1, 0.15) is 12.0 Å². The molecule has 2 fully saturated rings. The minimum absolute atomic E-state index is 0.192. The van der Waals surface area contributed by atoms with Crippen molar-refractivity contribution < 1.29 is 13.9 Å². The fourth-order valence-electron chi connectivity index (χ4n) is 3.29.